The van der Waals surface area contributed by atoms with Crippen LogP contribution in [0.25, 0.3) is 0 Å². The fourth-order valence-corrected chi connectivity index (χ4v) is 0. The molecule has 0 heterocycles. The molecule has 20 valence electrons. The maximum Gasteiger partial charge on any atom is 0 e. The summed E-state index contributed by atoms with van der Waals surface area (Å²) in [5.74, 6) is 0. The van der Waals surface area contributed by atoms with Crippen molar-refractivity contribution in [2.45, 2.75) is 0 Å². The topological polar surface area (TPSA) is 31.5 Å². The Balaban J connectivity index is 0. The van der Waals surface area contributed by atoms with E-state index in [1.54, 1.807) is 0 Å². The molecule has 2 N–H and O–H groups in total. The van der Waals surface area contributed by atoms with Crippen molar-refractivity contribution >= 4 is 48.9 Å². The summed E-state index contributed by atoms with van der Waals surface area (Å²) in [6.07, 6.45) is 0. The Bertz CT molecular complexity index is 8.00. The van der Waals surface area contributed by atoms with E-state index in [-0.39, 0.29) is 107 Å². The van der Waals surface area contributed by atoms with Gasteiger partial charge in [-0.3, -0.25) is 0 Å². The van der Waals surface area contributed by atoms with Gasteiger partial charge in [0, 0.05) is 102 Å². The Morgan fingerprint density at radius 1 is 1.00 bits per heavy atom. The van der Waals surface area contributed by atoms with Gasteiger partial charge in [0.15, 0.2) is 0 Å². The molecule has 0 bridgehead atoms. The van der Waals surface area contributed by atoms with E-state index < -0.39 is 0 Å². The van der Waals surface area contributed by atoms with Crippen LogP contribution in [0.2, 0.25) is 0 Å². The van der Waals surface area contributed by atoms with Gasteiger partial charge in [0.2, 0.25) is 0 Å². The van der Waals surface area contributed by atoms with Crippen molar-refractivity contribution in [2.24, 2.45) is 0 Å². The van der Waals surface area contributed by atoms with E-state index in [9.17, 15) is 0 Å². The molecule has 0 aliphatic heterocycles. The molecule has 0 unspecified atom stereocenters. The first-order valence-electron chi connectivity index (χ1n) is 0. The number of rotatable bonds is 0. The minimum absolute atomic E-state index is 0. The maximum absolute atomic E-state index is 0. The zero-order valence-corrected chi connectivity index (χ0v) is 11.4. The number of hydrogen-bond acceptors (Lipinski definition) is 0. The van der Waals surface area contributed by atoms with Crippen LogP contribution in [0.5, 0.6) is 0 Å². The van der Waals surface area contributed by atoms with Gasteiger partial charge >= 0.3 is 0 Å². The normalized spacial score (nSPS) is 0. The minimum Gasteiger partial charge on any atom is -0.412 e. The van der Waals surface area contributed by atoms with Gasteiger partial charge in [0.1, 0.15) is 0 Å². The number of hydrogen-bond donors (Lipinski definition) is 0. The Morgan fingerprint density at radius 2 is 1.00 bits per heavy atom. The Morgan fingerprint density at radius 3 is 1.00 bits per heavy atom. The first-order valence-corrected chi connectivity index (χ1v) is 0. The van der Waals surface area contributed by atoms with Gasteiger partial charge in [-0.15, -0.1) is 0 Å². The van der Waals surface area contributed by atoms with Crippen LogP contribution in [0.15, 0.2) is 0 Å². The largest absolute Gasteiger partial charge is 0.412 e. The van der Waals surface area contributed by atoms with Crippen molar-refractivity contribution in [1.29, 1.82) is 0 Å². The zero-order valence-electron chi connectivity index (χ0n) is 2.16. The van der Waals surface area contributed by atoms with Crippen molar-refractivity contribution in [3.05, 3.63) is 0 Å². The van der Waals surface area contributed by atoms with Gasteiger partial charge in [-0.25, -0.2) is 0 Å². The second kappa shape index (κ2) is 16.3. The third-order valence-electron chi connectivity index (χ3n) is 0. The van der Waals surface area contributed by atoms with Crippen molar-refractivity contribution in [3.63, 3.8) is 0 Å². The quantitative estimate of drug-likeness (QED) is 0.492. The van der Waals surface area contributed by atoms with E-state index >= 15 is 0 Å². The Labute approximate surface area is 104 Å². The summed E-state index contributed by atoms with van der Waals surface area (Å²) in [4.78, 5) is 0. The third kappa shape index (κ3) is 8.98. The van der Waals surface area contributed by atoms with Crippen LogP contribution in [0.3, 0.4) is 0 Å². The van der Waals surface area contributed by atoms with Gasteiger partial charge < -0.3 is 5.48 Å². The molecule has 4 radical (unpaired) electrons. The second-order valence-corrected chi connectivity index (χ2v) is 0. The van der Waals surface area contributed by atoms with Gasteiger partial charge in [-0.1, -0.05) is 0 Å². The molecule has 0 amide bonds. The molecule has 0 atom stereocenters. The van der Waals surface area contributed by atoms with E-state index in [0.717, 1.165) is 0 Å². The molecule has 0 aromatic rings. The molecule has 0 rings (SSSR count). The molecule has 0 aliphatic rings. The van der Waals surface area contributed by atoms with Gasteiger partial charge in [-0.2, -0.15) is 0 Å². The zero-order chi connectivity index (χ0) is 0. The standard InChI is InChI=1S/Ba.La.Mn.H2O/h;;;1H2. The van der Waals surface area contributed by atoms with Gasteiger partial charge in [-0.05, 0) is 0 Å². The molecule has 0 aliphatic carbocycles. The van der Waals surface area contributed by atoms with Crippen molar-refractivity contribution in [2.75, 3.05) is 0 Å². The molecule has 0 saturated carbocycles. The maximum atomic E-state index is 0. The van der Waals surface area contributed by atoms with Crippen LogP contribution in [-0.4, -0.2) is 54.4 Å². The molecule has 4 heteroatoms. The molecular weight excluding hydrogens is 347 g/mol. The summed E-state index contributed by atoms with van der Waals surface area (Å²) in [5.41, 5.74) is 0. The van der Waals surface area contributed by atoms with E-state index in [1.807, 2.05) is 0 Å². The Hall–Kier alpha value is 3.25. The van der Waals surface area contributed by atoms with Crippen LogP contribution in [0.4, 0.5) is 0 Å². The van der Waals surface area contributed by atoms with Crippen LogP contribution in [0.1, 0.15) is 0 Å². The van der Waals surface area contributed by atoms with Crippen LogP contribution < -0.4 is 0 Å². The summed E-state index contributed by atoms with van der Waals surface area (Å²) in [6.45, 7) is 0. The second-order valence-electron chi connectivity index (χ2n) is 0. The molecule has 4 heavy (non-hydrogen) atoms. The Kier molecular flexibility index (Phi) is 109. The van der Waals surface area contributed by atoms with E-state index in [4.69, 9.17) is 0 Å². The first-order chi connectivity index (χ1) is 0. The van der Waals surface area contributed by atoms with E-state index in [1.165, 1.54) is 0 Å². The van der Waals surface area contributed by atoms with E-state index in [2.05, 4.69) is 0 Å². The third-order valence-corrected chi connectivity index (χ3v) is 0. The van der Waals surface area contributed by atoms with Gasteiger partial charge in [0.05, 0.1) is 0 Å². The fourth-order valence-electron chi connectivity index (χ4n) is 0. The van der Waals surface area contributed by atoms with Crippen LogP contribution in [-0.2, 0) is 17.1 Å². The molecular formula is H2BaLaMnO. The molecule has 0 aromatic heterocycles. The van der Waals surface area contributed by atoms with Crippen LogP contribution in [0, 0.1) is 35.6 Å². The predicted molar refractivity (Wildman–Crippen MR) is 9.37 cm³/mol. The molecule has 0 spiro atoms. The predicted octanol–water partition coefficient (Wildman–Crippen LogP) is -1.21. The van der Waals surface area contributed by atoms with Crippen molar-refractivity contribution < 1.29 is 58.1 Å². The smallest absolute Gasteiger partial charge is 0 e. The summed E-state index contributed by atoms with van der Waals surface area (Å²) < 4.78 is 0. The summed E-state index contributed by atoms with van der Waals surface area (Å²) in [6, 6.07) is 0. The SMILES string of the molecule is O.[Ba].[La].[Mn]. The fraction of sp³-hybridized carbons (Fsp3) is 0. The monoisotopic (exact) mass is 350 g/mol. The summed E-state index contributed by atoms with van der Waals surface area (Å²) in [5, 5.41) is 0. The first kappa shape index (κ1) is 26.8. The van der Waals surface area contributed by atoms with Crippen LogP contribution >= 0.6 is 0 Å². The minimum atomic E-state index is 0. The molecule has 0 saturated heterocycles. The molecule has 0 fully saturated rings. The van der Waals surface area contributed by atoms with Crippen molar-refractivity contribution in [3.8, 4) is 0 Å². The average molecular weight is 349 g/mol. The van der Waals surface area contributed by atoms with E-state index in [0.29, 0.717) is 0 Å². The van der Waals surface area contributed by atoms with Crippen molar-refractivity contribution in [1.82, 2.24) is 0 Å². The average Bonchev–Trinajstić information content (AvgIpc) is 0. The van der Waals surface area contributed by atoms with Gasteiger partial charge in [0.25, 0.3) is 0 Å². The molecule has 0 aromatic carbocycles. The summed E-state index contributed by atoms with van der Waals surface area (Å²) >= 11 is 0. The summed E-state index contributed by atoms with van der Waals surface area (Å²) in [7, 11) is 0. The molecule has 1 nitrogen and oxygen atoms in total.